The van der Waals surface area contributed by atoms with Crippen molar-refractivity contribution in [3.05, 3.63) is 12.2 Å². The minimum atomic E-state index is -4.32. The van der Waals surface area contributed by atoms with Gasteiger partial charge in [-0.05, 0) is 19.3 Å². The Morgan fingerprint density at radius 1 is 0.605 bits per heavy atom. The highest BCUT2D eigenvalue weighted by Gasteiger charge is 2.24. The summed E-state index contributed by atoms with van der Waals surface area (Å²) in [7, 11) is -4.32. The molecule has 0 spiro atoms. The third-order valence-corrected chi connectivity index (χ3v) is 9.24. The fraction of sp³-hybridized carbons (Fsp3) is 0.917. The molecular formula is C36H71NO5S. The Morgan fingerprint density at radius 2 is 0.953 bits per heavy atom. The fourth-order valence-electron chi connectivity index (χ4n) is 5.68. The number of hydrogen-bond donors (Lipinski definition) is 3. The van der Waals surface area contributed by atoms with E-state index in [2.05, 4.69) is 19.2 Å². The minimum absolute atomic E-state index is 0.280. The van der Waals surface area contributed by atoms with Crippen molar-refractivity contribution in [1.29, 1.82) is 0 Å². The van der Waals surface area contributed by atoms with Gasteiger partial charge in [0.2, 0.25) is 5.91 Å². The second-order valence-corrected chi connectivity index (χ2v) is 14.4. The van der Waals surface area contributed by atoms with Gasteiger partial charge in [0.15, 0.2) is 0 Å². The molecule has 6 nitrogen and oxygen atoms in total. The van der Waals surface area contributed by atoms with E-state index in [9.17, 15) is 22.9 Å². The number of aliphatic hydroxyl groups excluding tert-OH is 1. The van der Waals surface area contributed by atoms with Gasteiger partial charge in [0.1, 0.15) is 0 Å². The minimum Gasteiger partial charge on any atom is -0.387 e. The quantitative estimate of drug-likeness (QED) is 0.0381. The Balaban J connectivity index is 3.69. The van der Waals surface area contributed by atoms with Gasteiger partial charge in [-0.25, -0.2) is 0 Å². The molecule has 2 atom stereocenters. The number of amides is 1. The molecule has 0 fully saturated rings. The first-order valence-electron chi connectivity index (χ1n) is 18.4. The topological polar surface area (TPSA) is 104 Å². The average Bonchev–Trinajstić information content (AvgIpc) is 2.96. The van der Waals surface area contributed by atoms with Crippen molar-refractivity contribution in [2.45, 2.75) is 206 Å². The van der Waals surface area contributed by atoms with Crippen LogP contribution in [0.4, 0.5) is 0 Å². The summed E-state index contributed by atoms with van der Waals surface area (Å²) < 4.78 is 32.1. The van der Waals surface area contributed by atoms with E-state index < -0.39 is 28.0 Å². The second-order valence-electron chi connectivity index (χ2n) is 12.9. The lowest BCUT2D eigenvalue weighted by atomic mass is 10.0. The number of rotatable bonds is 33. The van der Waals surface area contributed by atoms with Crippen LogP contribution < -0.4 is 5.32 Å². The molecule has 0 rings (SSSR count). The average molecular weight is 630 g/mol. The molecule has 0 saturated carbocycles. The zero-order chi connectivity index (χ0) is 31.9. The van der Waals surface area contributed by atoms with Crippen molar-refractivity contribution in [2.24, 2.45) is 0 Å². The van der Waals surface area contributed by atoms with E-state index in [-0.39, 0.29) is 5.91 Å². The van der Waals surface area contributed by atoms with Gasteiger partial charge in [-0.3, -0.25) is 9.35 Å². The van der Waals surface area contributed by atoms with Crippen LogP contribution in [0.2, 0.25) is 0 Å². The van der Waals surface area contributed by atoms with Crippen molar-refractivity contribution in [1.82, 2.24) is 5.32 Å². The van der Waals surface area contributed by atoms with Crippen molar-refractivity contribution >= 4 is 16.0 Å². The van der Waals surface area contributed by atoms with E-state index in [1.54, 1.807) is 0 Å². The first kappa shape index (κ1) is 42.1. The maximum absolute atomic E-state index is 12.4. The molecule has 0 aromatic rings. The van der Waals surface area contributed by atoms with Gasteiger partial charge in [0.05, 0.1) is 17.9 Å². The summed E-state index contributed by atoms with van der Waals surface area (Å²) in [5.41, 5.74) is 0. The zero-order valence-electron chi connectivity index (χ0n) is 28.3. The second kappa shape index (κ2) is 31.1. The standard InChI is InChI=1S/C36H71NO5S/c1-3-5-7-9-11-12-13-14-15-16-17-18-19-20-21-22-23-24-25-26-28-30-32-36(39)37-34(33-43(40,41)42)35(38)31-29-27-10-8-6-4-2/h29,31,34-35,38H,3-28,30,32-33H2,1-2H3,(H,37,39)(H,40,41,42)/b31-29+. The van der Waals surface area contributed by atoms with Gasteiger partial charge < -0.3 is 10.4 Å². The maximum Gasteiger partial charge on any atom is 0.267 e. The molecular weight excluding hydrogens is 558 g/mol. The molecule has 0 radical (unpaired) electrons. The summed E-state index contributed by atoms with van der Waals surface area (Å²) in [6.07, 6.45) is 36.7. The highest BCUT2D eigenvalue weighted by Crippen LogP contribution is 2.15. The van der Waals surface area contributed by atoms with Crippen LogP contribution in [-0.4, -0.2) is 41.9 Å². The van der Waals surface area contributed by atoms with E-state index >= 15 is 0 Å². The molecule has 0 saturated heterocycles. The third kappa shape index (κ3) is 32.3. The van der Waals surface area contributed by atoms with Crippen molar-refractivity contribution in [3.8, 4) is 0 Å². The number of carbonyl (C=O) groups excluding carboxylic acids is 1. The highest BCUT2D eigenvalue weighted by atomic mass is 32.2. The molecule has 256 valence electrons. The Morgan fingerprint density at radius 3 is 1.33 bits per heavy atom. The van der Waals surface area contributed by atoms with Crippen LogP contribution in [0.15, 0.2) is 12.2 Å². The Kier molecular flexibility index (Phi) is 30.4. The van der Waals surface area contributed by atoms with Gasteiger partial charge >= 0.3 is 0 Å². The lowest BCUT2D eigenvalue weighted by Gasteiger charge is -2.21. The molecule has 0 aromatic heterocycles. The zero-order valence-corrected chi connectivity index (χ0v) is 29.2. The van der Waals surface area contributed by atoms with Crippen LogP contribution in [0.1, 0.15) is 194 Å². The number of hydrogen-bond acceptors (Lipinski definition) is 4. The lowest BCUT2D eigenvalue weighted by Crippen LogP contribution is -2.46. The summed E-state index contributed by atoms with van der Waals surface area (Å²) in [6.45, 7) is 4.42. The number of unbranched alkanes of at least 4 members (excludes halogenated alkanes) is 25. The van der Waals surface area contributed by atoms with Crippen LogP contribution >= 0.6 is 0 Å². The summed E-state index contributed by atoms with van der Waals surface area (Å²) in [4.78, 5) is 12.4. The Hall–Kier alpha value is -0.920. The van der Waals surface area contributed by atoms with E-state index in [0.717, 1.165) is 51.4 Å². The van der Waals surface area contributed by atoms with E-state index in [1.807, 2.05) is 6.08 Å². The summed E-state index contributed by atoms with van der Waals surface area (Å²) in [5, 5.41) is 13.0. The van der Waals surface area contributed by atoms with Gasteiger partial charge in [-0.2, -0.15) is 8.42 Å². The largest absolute Gasteiger partial charge is 0.387 e. The first-order valence-corrected chi connectivity index (χ1v) is 20.0. The first-order chi connectivity index (χ1) is 20.8. The van der Waals surface area contributed by atoms with Gasteiger partial charge in [0, 0.05) is 6.42 Å². The molecule has 0 aliphatic rings. The molecule has 2 unspecified atom stereocenters. The van der Waals surface area contributed by atoms with Crippen LogP contribution in [-0.2, 0) is 14.9 Å². The number of carbonyl (C=O) groups is 1. The number of nitrogens with one attached hydrogen (secondary N) is 1. The Bertz CT molecular complexity index is 740. The summed E-state index contributed by atoms with van der Waals surface area (Å²) >= 11 is 0. The number of aliphatic hydroxyl groups is 1. The van der Waals surface area contributed by atoms with Crippen LogP contribution in [0.3, 0.4) is 0 Å². The predicted molar refractivity (Wildman–Crippen MR) is 184 cm³/mol. The smallest absolute Gasteiger partial charge is 0.267 e. The van der Waals surface area contributed by atoms with Crippen LogP contribution in [0, 0.1) is 0 Å². The molecule has 43 heavy (non-hydrogen) atoms. The Labute approximate surface area is 267 Å². The van der Waals surface area contributed by atoms with E-state index in [4.69, 9.17) is 0 Å². The molecule has 1 amide bonds. The molecule has 0 aliphatic heterocycles. The molecule has 3 N–H and O–H groups in total. The van der Waals surface area contributed by atoms with Crippen molar-refractivity contribution in [2.75, 3.05) is 5.75 Å². The monoisotopic (exact) mass is 630 g/mol. The molecule has 0 aromatic carbocycles. The summed E-state index contributed by atoms with van der Waals surface area (Å²) in [5.74, 6) is -0.975. The fourth-order valence-corrected chi connectivity index (χ4v) is 6.42. The van der Waals surface area contributed by atoms with Crippen molar-refractivity contribution in [3.63, 3.8) is 0 Å². The maximum atomic E-state index is 12.4. The number of allylic oxidation sites excluding steroid dienone is 1. The highest BCUT2D eigenvalue weighted by molar-refractivity contribution is 7.85. The normalized spacial score (nSPS) is 13.5. The predicted octanol–water partition coefficient (Wildman–Crippen LogP) is 10.2. The molecule has 7 heteroatoms. The van der Waals surface area contributed by atoms with E-state index in [0.29, 0.717) is 6.42 Å². The van der Waals surface area contributed by atoms with Crippen LogP contribution in [0.25, 0.3) is 0 Å². The lowest BCUT2D eigenvalue weighted by molar-refractivity contribution is -0.122. The van der Waals surface area contributed by atoms with Gasteiger partial charge in [0.25, 0.3) is 10.1 Å². The molecule has 0 aliphatic carbocycles. The third-order valence-electron chi connectivity index (χ3n) is 8.46. The molecule has 0 bridgehead atoms. The van der Waals surface area contributed by atoms with Gasteiger partial charge in [-0.1, -0.05) is 180 Å². The molecule has 0 heterocycles. The van der Waals surface area contributed by atoms with Crippen LogP contribution in [0.5, 0.6) is 0 Å². The van der Waals surface area contributed by atoms with Crippen molar-refractivity contribution < 1.29 is 22.9 Å². The van der Waals surface area contributed by atoms with E-state index in [1.165, 1.54) is 128 Å². The SMILES string of the molecule is CCCCCC/C=C/C(O)C(CS(=O)(=O)O)NC(=O)CCCCCCCCCCCCCCCCCCCCCCCC. The summed E-state index contributed by atoms with van der Waals surface area (Å²) in [6, 6.07) is -1.05. The van der Waals surface area contributed by atoms with Gasteiger partial charge in [-0.15, -0.1) is 0 Å².